The van der Waals surface area contributed by atoms with Crippen LogP contribution in [-0.2, 0) is 4.74 Å². The summed E-state index contributed by atoms with van der Waals surface area (Å²) in [6.45, 7) is 3.68. The van der Waals surface area contributed by atoms with E-state index >= 15 is 0 Å². The van der Waals surface area contributed by atoms with Gasteiger partial charge in [0.25, 0.3) is 0 Å². The number of carboxylic acids is 1. The zero-order chi connectivity index (χ0) is 22.2. The summed E-state index contributed by atoms with van der Waals surface area (Å²) < 4.78 is 11.5. The molecule has 0 aliphatic carbocycles. The smallest absolute Gasteiger partial charge is 0.354 e. The molecule has 2 aromatic heterocycles. The molecule has 0 unspecified atom stereocenters. The topological polar surface area (TPSA) is 106 Å². The van der Waals surface area contributed by atoms with Gasteiger partial charge in [-0.15, -0.1) is 12.4 Å². The summed E-state index contributed by atoms with van der Waals surface area (Å²) in [5.41, 5.74) is 1.81. The van der Waals surface area contributed by atoms with Crippen LogP contribution in [0.15, 0.2) is 48.8 Å². The number of pyridine rings is 1. The van der Waals surface area contributed by atoms with Gasteiger partial charge in [0.15, 0.2) is 0 Å². The molecule has 2 N–H and O–H groups in total. The highest BCUT2D eigenvalue weighted by atomic mass is 35.5. The van der Waals surface area contributed by atoms with Crippen LogP contribution in [-0.4, -0.2) is 58.4 Å². The number of fused-ring (bicyclic) bond motifs is 1. The summed E-state index contributed by atoms with van der Waals surface area (Å²) >= 11 is 0. The Morgan fingerprint density at radius 2 is 1.73 bits per heavy atom. The third-order valence-corrected chi connectivity index (χ3v) is 5.68. The van der Waals surface area contributed by atoms with E-state index in [1.807, 2.05) is 18.2 Å². The molecule has 2 aliphatic heterocycles. The number of para-hydroxylation sites is 1. The van der Waals surface area contributed by atoms with Crippen LogP contribution in [0.2, 0.25) is 0 Å². The number of nitrogens with one attached hydrogen (secondary N) is 1. The number of halogens is 1. The molecule has 3 aromatic rings. The molecule has 33 heavy (non-hydrogen) atoms. The van der Waals surface area contributed by atoms with E-state index in [0.29, 0.717) is 11.4 Å². The van der Waals surface area contributed by atoms with Gasteiger partial charge in [0, 0.05) is 36.9 Å². The number of rotatable bonds is 4. The van der Waals surface area contributed by atoms with Crippen molar-refractivity contribution in [1.29, 1.82) is 0 Å². The highest BCUT2D eigenvalue weighted by Crippen LogP contribution is 2.31. The molecule has 176 valence electrons. The van der Waals surface area contributed by atoms with Gasteiger partial charge >= 0.3 is 5.97 Å². The molecule has 4 heterocycles. The van der Waals surface area contributed by atoms with Crippen molar-refractivity contribution >= 4 is 29.3 Å². The number of carboxylic acid groups (broad SMARTS) is 1. The number of benzene rings is 1. The molecule has 2 aliphatic rings. The molecular formula is C24H29ClN4O4. The lowest BCUT2D eigenvalue weighted by Gasteiger charge is -2.26. The lowest BCUT2D eigenvalue weighted by atomic mass is 9.96. The van der Waals surface area contributed by atoms with Crippen LogP contribution in [0.4, 0.5) is 0 Å². The van der Waals surface area contributed by atoms with Gasteiger partial charge in [0.2, 0.25) is 5.88 Å². The van der Waals surface area contributed by atoms with Crippen molar-refractivity contribution in [3.05, 3.63) is 60.2 Å². The lowest BCUT2D eigenvalue weighted by Crippen LogP contribution is -2.34. The van der Waals surface area contributed by atoms with Gasteiger partial charge in [0.05, 0.1) is 5.52 Å². The highest BCUT2D eigenvalue weighted by Gasteiger charge is 2.24. The molecular weight excluding hydrogens is 444 g/mol. The number of piperidine rings is 1. The Morgan fingerprint density at radius 3 is 2.48 bits per heavy atom. The third-order valence-electron chi connectivity index (χ3n) is 5.68. The second-order valence-corrected chi connectivity index (χ2v) is 7.89. The Morgan fingerprint density at radius 1 is 1.00 bits per heavy atom. The summed E-state index contributed by atoms with van der Waals surface area (Å²) in [6.07, 6.45) is 7.88. The second kappa shape index (κ2) is 12.4. The standard InChI is InChI=1S/C14H21N3O2.C10H7NO2.ClH/c1-5-15-6-2-12(1)19-14-13(16-7-8-17-14)11-3-9-18-10-4-11;12-10(13)9-6-5-7-3-1-2-4-8(7)11-9;/h7-8,11-12,15H,1-6,9-10H2;1-6H,(H,12,13);1H. The van der Waals surface area contributed by atoms with Gasteiger partial charge in [0.1, 0.15) is 17.5 Å². The van der Waals surface area contributed by atoms with E-state index in [1.54, 1.807) is 24.5 Å². The van der Waals surface area contributed by atoms with Crippen LogP contribution in [0.3, 0.4) is 0 Å². The number of nitrogens with zero attached hydrogens (tertiary/aromatic N) is 3. The Balaban J connectivity index is 0.000000192. The van der Waals surface area contributed by atoms with Crippen LogP contribution in [0, 0.1) is 0 Å². The fourth-order valence-electron chi connectivity index (χ4n) is 3.93. The monoisotopic (exact) mass is 472 g/mol. The maximum atomic E-state index is 10.6. The van der Waals surface area contributed by atoms with E-state index in [0.717, 1.165) is 68.9 Å². The van der Waals surface area contributed by atoms with Crippen LogP contribution in [0.1, 0.15) is 47.8 Å². The van der Waals surface area contributed by atoms with E-state index in [9.17, 15) is 4.79 Å². The van der Waals surface area contributed by atoms with E-state index < -0.39 is 5.97 Å². The van der Waals surface area contributed by atoms with Gasteiger partial charge in [-0.2, -0.15) is 0 Å². The largest absolute Gasteiger partial charge is 0.477 e. The van der Waals surface area contributed by atoms with Crippen molar-refractivity contribution in [2.75, 3.05) is 26.3 Å². The minimum absolute atomic E-state index is 0. The Kier molecular flexibility index (Phi) is 9.35. The molecule has 0 saturated carbocycles. The van der Waals surface area contributed by atoms with Crippen molar-refractivity contribution in [1.82, 2.24) is 20.3 Å². The predicted octanol–water partition coefficient (Wildman–Crippen LogP) is 3.86. The molecule has 2 saturated heterocycles. The fourth-order valence-corrected chi connectivity index (χ4v) is 3.93. The number of hydrogen-bond donors (Lipinski definition) is 2. The average molecular weight is 473 g/mol. The summed E-state index contributed by atoms with van der Waals surface area (Å²) in [5.74, 6) is 0.172. The van der Waals surface area contributed by atoms with Crippen LogP contribution in [0.25, 0.3) is 10.9 Å². The SMILES string of the molecule is Cl.O=C(O)c1ccc2ccccc2n1.c1cnc(C2CCOCC2)c(OC2CCNCC2)n1. The molecule has 0 atom stereocenters. The van der Waals surface area contributed by atoms with E-state index in [1.165, 1.54) is 6.07 Å². The first-order valence-corrected chi connectivity index (χ1v) is 11.1. The molecule has 8 nitrogen and oxygen atoms in total. The zero-order valence-electron chi connectivity index (χ0n) is 18.4. The molecule has 9 heteroatoms. The van der Waals surface area contributed by atoms with Crippen LogP contribution < -0.4 is 10.1 Å². The zero-order valence-corrected chi connectivity index (χ0v) is 19.2. The normalized spacial score (nSPS) is 16.8. The van der Waals surface area contributed by atoms with E-state index in [-0.39, 0.29) is 24.2 Å². The first-order valence-electron chi connectivity index (χ1n) is 11.1. The lowest BCUT2D eigenvalue weighted by molar-refractivity contribution is 0.0691. The predicted molar refractivity (Wildman–Crippen MR) is 127 cm³/mol. The number of aromatic nitrogens is 3. The highest BCUT2D eigenvalue weighted by molar-refractivity contribution is 5.89. The van der Waals surface area contributed by atoms with Crippen molar-refractivity contribution in [2.24, 2.45) is 0 Å². The minimum atomic E-state index is -0.995. The molecule has 5 rings (SSSR count). The van der Waals surface area contributed by atoms with Crippen molar-refractivity contribution in [3.63, 3.8) is 0 Å². The summed E-state index contributed by atoms with van der Waals surface area (Å²) in [6, 6.07) is 10.7. The van der Waals surface area contributed by atoms with Crippen molar-refractivity contribution in [3.8, 4) is 5.88 Å². The Labute approximate surface area is 199 Å². The van der Waals surface area contributed by atoms with Gasteiger partial charge in [-0.25, -0.2) is 14.8 Å². The number of carbonyl (C=O) groups is 1. The summed E-state index contributed by atoms with van der Waals surface area (Å²) in [5, 5.41) is 13.0. The summed E-state index contributed by atoms with van der Waals surface area (Å²) in [7, 11) is 0. The van der Waals surface area contributed by atoms with Crippen LogP contribution >= 0.6 is 12.4 Å². The maximum absolute atomic E-state index is 10.6. The quantitative estimate of drug-likeness (QED) is 0.589. The fraction of sp³-hybridized carbons (Fsp3) is 0.417. The Hall–Kier alpha value is -2.81. The van der Waals surface area contributed by atoms with Gasteiger partial charge in [-0.1, -0.05) is 24.3 Å². The first-order chi connectivity index (χ1) is 15.7. The van der Waals surface area contributed by atoms with E-state index in [4.69, 9.17) is 14.6 Å². The Bertz CT molecular complexity index is 1040. The molecule has 0 amide bonds. The number of hydrogen-bond acceptors (Lipinski definition) is 7. The molecule has 0 bridgehead atoms. The molecule has 0 spiro atoms. The number of ether oxygens (including phenoxy) is 2. The van der Waals surface area contributed by atoms with Crippen molar-refractivity contribution in [2.45, 2.75) is 37.7 Å². The average Bonchev–Trinajstić information content (AvgIpc) is 2.86. The van der Waals surface area contributed by atoms with Crippen molar-refractivity contribution < 1.29 is 19.4 Å². The van der Waals surface area contributed by atoms with Gasteiger partial charge in [-0.3, -0.25) is 4.98 Å². The maximum Gasteiger partial charge on any atom is 0.354 e. The molecule has 2 fully saturated rings. The van der Waals surface area contributed by atoms with E-state index in [2.05, 4.69) is 20.3 Å². The molecule has 0 radical (unpaired) electrons. The van der Waals surface area contributed by atoms with Crippen LogP contribution in [0.5, 0.6) is 5.88 Å². The molecule has 1 aromatic carbocycles. The van der Waals surface area contributed by atoms with Gasteiger partial charge < -0.3 is 19.9 Å². The summed E-state index contributed by atoms with van der Waals surface area (Å²) in [4.78, 5) is 23.5. The number of aromatic carboxylic acids is 1. The second-order valence-electron chi connectivity index (χ2n) is 7.89. The van der Waals surface area contributed by atoms with Gasteiger partial charge in [-0.05, 0) is 50.9 Å². The first kappa shape index (κ1) is 24.8. The third kappa shape index (κ3) is 6.83. The minimum Gasteiger partial charge on any atom is -0.477 e.